The van der Waals surface area contributed by atoms with Gasteiger partial charge in [0.05, 0.1) is 6.10 Å². The average molecular weight is 496 g/mol. The van der Waals surface area contributed by atoms with Crippen molar-refractivity contribution in [3.05, 3.63) is 71.3 Å². The Balaban J connectivity index is 1.10. The van der Waals surface area contributed by atoms with E-state index in [9.17, 15) is 18.7 Å². The fourth-order valence-electron chi connectivity index (χ4n) is 6.37. The van der Waals surface area contributed by atoms with E-state index in [1.807, 2.05) is 0 Å². The van der Waals surface area contributed by atoms with Crippen molar-refractivity contribution in [3.8, 4) is 0 Å². The van der Waals surface area contributed by atoms with Crippen LogP contribution in [-0.4, -0.2) is 66.2 Å². The first-order valence-corrected chi connectivity index (χ1v) is 13.0. The highest BCUT2D eigenvalue weighted by Crippen LogP contribution is 2.46. The summed E-state index contributed by atoms with van der Waals surface area (Å²) in [6.45, 7) is 7.07. The molecule has 7 heteroatoms. The van der Waals surface area contributed by atoms with Crippen LogP contribution in [0.25, 0.3) is 6.08 Å². The van der Waals surface area contributed by atoms with Crippen molar-refractivity contribution in [1.29, 1.82) is 0 Å². The molecule has 36 heavy (non-hydrogen) atoms. The number of nitrogens with zero attached hydrogens (tertiary/aromatic N) is 2. The molecule has 3 unspecified atom stereocenters. The summed E-state index contributed by atoms with van der Waals surface area (Å²) in [5.74, 6) is -0.851. The largest absolute Gasteiger partial charge is 0.392 e. The van der Waals surface area contributed by atoms with Crippen LogP contribution < -0.4 is 5.32 Å². The van der Waals surface area contributed by atoms with E-state index in [2.05, 4.69) is 41.4 Å². The number of para-hydroxylation sites is 1. The third-order valence-corrected chi connectivity index (χ3v) is 8.55. The topological polar surface area (TPSA) is 55.8 Å². The van der Waals surface area contributed by atoms with Crippen LogP contribution in [0.1, 0.15) is 37.3 Å². The minimum absolute atomic E-state index is 0.162. The number of piperidine rings is 2. The molecule has 2 aromatic rings. The second kappa shape index (κ2) is 10.3. The van der Waals surface area contributed by atoms with Gasteiger partial charge >= 0.3 is 0 Å². The number of nitrogens with one attached hydrogen (secondary N) is 1. The smallest absolute Gasteiger partial charge is 0.246 e. The second-order valence-electron chi connectivity index (χ2n) is 10.7. The van der Waals surface area contributed by atoms with E-state index < -0.39 is 17.7 Å². The molecule has 0 radical (unpaired) electrons. The van der Waals surface area contributed by atoms with Crippen molar-refractivity contribution < 1.29 is 18.7 Å². The van der Waals surface area contributed by atoms with Crippen LogP contribution in [0.5, 0.6) is 0 Å². The lowest BCUT2D eigenvalue weighted by atomic mass is 9.67. The van der Waals surface area contributed by atoms with Crippen LogP contribution in [0.4, 0.5) is 14.5 Å². The number of rotatable bonds is 5. The predicted molar refractivity (Wildman–Crippen MR) is 138 cm³/mol. The van der Waals surface area contributed by atoms with Crippen molar-refractivity contribution in [1.82, 2.24) is 9.80 Å². The number of aliphatic hydroxyl groups is 1. The van der Waals surface area contributed by atoms with Crippen LogP contribution >= 0.6 is 0 Å². The molecule has 192 valence electrons. The van der Waals surface area contributed by atoms with Gasteiger partial charge in [-0.25, -0.2) is 8.78 Å². The Bertz CT molecular complexity index is 1110. The maximum absolute atomic E-state index is 13.4. The quantitative estimate of drug-likeness (QED) is 0.608. The number of β-amino-alcohol motifs (C(OH)–C–C–N with tert-alkyl or cyclic N) is 1. The minimum Gasteiger partial charge on any atom is -0.392 e. The number of benzene rings is 2. The fourth-order valence-corrected chi connectivity index (χ4v) is 6.37. The molecule has 2 saturated heterocycles. The average Bonchev–Trinajstić information content (AvgIpc) is 3.24. The van der Waals surface area contributed by atoms with E-state index in [-0.39, 0.29) is 17.2 Å². The van der Waals surface area contributed by atoms with Crippen LogP contribution in [0.15, 0.2) is 48.5 Å². The maximum atomic E-state index is 13.4. The summed E-state index contributed by atoms with van der Waals surface area (Å²) in [5, 5.41) is 14.6. The van der Waals surface area contributed by atoms with E-state index >= 15 is 0 Å². The highest BCUT2D eigenvalue weighted by atomic mass is 19.1. The summed E-state index contributed by atoms with van der Waals surface area (Å²) in [4.78, 5) is 16.7. The first kappa shape index (κ1) is 24.9. The van der Waals surface area contributed by atoms with Crippen molar-refractivity contribution in [3.63, 3.8) is 0 Å². The van der Waals surface area contributed by atoms with Crippen molar-refractivity contribution >= 4 is 17.7 Å². The summed E-state index contributed by atoms with van der Waals surface area (Å²) < 4.78 is 26.7. The molecule has 0 aliphatic carbocycles. The van der Waals surface area contributed by atoms with Crippen molar-refractivity contribution in [2.75, 3.05) is 44.6 Å². The zero-order valence-electron chi connectivity index (χ0n) is 20.8. The van der Waals surface area contributed by atoms with E-state index in [0.717, 1.165) is 45.0 Å². The molecule has 3 heterocycles. The zero-order valence-corrected chi connectivity index (χ0v) is 20.8. The zero-order chi connectivity index (χ0) is 25.3. The number of hydrogen-bond donors (Lipinski definition) is 2. The van der Waals surface area contributed by atoms with Crippen molar-refractivity contribution in [2.45, 2.75) is 37.7 Å². The number of halogens is 2. The molecule has 0 bridgehead atoms. The van der Waals surface area contributed by atoms with Crippen molar-refractivity contribution in [2.24, 2.45) is 11.8 Å². The van der Waals surface area contributed by atoms with Gasteiger partial charge in [-0.2, -0.15) is 0 Å². The predicted octanol–water partition coefficient (Wildman–Crippen LogP) is 4.28. The standard InChI is InChI=1S/C29H35F2N3O2/c1-20-17-33(13-10-29(20)19-32-26-5-3-2-4-25(26)29)18-27(35)22-8-11-34(12-9-22)28(36)7-6-21-14-23(30)16-24(31)15-21/h2-7,14-16,20,22,27,32,35H,8-13,17-19H2,1H3. The van der Waals surface area contributed by atoms with Gasteiger partial charge < -0.3 is 20.2 Å². The van der Waals surface area contributed by atoms with Crippen LogP contribution in [0.3, 0.4) is 0 Å². The number of carbonyl (C=O) groups excluding carboxylic acids is 1. The Morgan fingerprint density at radius 2 is 1.89 bits per heavy atom. The monoisotopic (exact) mass is 495 g/mol. The molecule has 2 fully saturated rings. The summed E-state index contributed by atoms with van der Waals surface area (Å²) in [7, 11) is 0. The molecule has 5 nitrogen and oxygen atoms in total. The SMILES string of the molecule is CC1CN(CC(O)C2CCN(C(=O)C=Cc3cc(F)cc(F)c3)CC2)CCC12CNc1ccccc12. The summed E-state index contributed by atoms with van der Waals surface area (Å²) in [6, 6.07) is 11.8. The Labute approximate surface area is 211 Å². The third-order valence-electron chi connectivity index (χ3n) is 8.55. The lowest BCUT2D eigenvalue weighted by Gasteiger charge is -2.46. The number of anilines is 1. The van der Waals surface area contributed by atoms with Gasteiger partial charge in [0.2, 0.25) is 5.91 Å². The first-order valence-electron chi connectivity index (χ1n) is 13.0. The molecule has 2 aromatic carbocycles. The molecule has 1 spiro atoms. The number of amides is 1. The molecule has 3 aliphatic heterocycles. The second-order valence-corrected chi connectivity index (χ2v) is 10.7. The number of aliphatic hydroxyl groups excluding tert-OH is 1. The van der Waals surface area contributed by atoms with Gasteiger partial charge in [-0.05, 0) is 73.0 Å². The maximum Gasteiger partial charge on any atom is 0.246 e. The molecule has 2 N–H and O–H groups in total. The molecule has 0 saturated carbocycles. The molecule has 3 atom stereocenters. The van der Waals surface area contributed by atoms with Gasteiger partial charge in [-0.3, -0.25) is 4.79 Å². The first-order chi connectivity index (χ1) is 17.3. The molecular weight excluding hydrogens is 460 g/mol. The van der Waals surface area contributed by atoms with E-state index in [0.29, 0.717) is 31.1 Å². The highest BCUT2D eigenvalue weighted by molar-refractivity contribution is 5.91. The van der Waals surface area contributed by atoms with Crippen LogP contribution in [0.2, 0.25) is 0 Å². The molecule has 5 rings (SSSR count). The number of hydrogen-bond acceptors (Lipinski definition) is 4. The summed E-state index contributed by atoms with van der Waals surface area (Å²) in [6.07, 6.45) is 4.98. The van der Waals surface area contributed by atoms with Gasteiger partial charge in [-0.1, -0.05) is 25.1 Å². The van der Waals surface area contributed by atoms with Crippen LogP contribution in [-0.2, 0) is 10.2 Å². The Morgan fingerprint density at radius 3 is 2.61 bits per heavy atom. The molecule has 1 amide bonds. The van der Waals surface area contributed by atoms with Gasteiger partial charge in [0.25, 0.3) is 0 Å². The molecule has 0 aromatic heterocycles. The Hall–Kier alpha value is -2.77. The third kappa shape index (κ3) is 5.04. The van der Waals surface area contributed by atoms with E-state index in [4.69, 9.17) is 0 Å². The molecular formula is C29H35F2N3O2. The lowest BCUT2D eigenvalue weighted by molar-refractivity contribution is -0.128. The van der Waals surface area contributed by atoms with E-state index in [1.54, 1.807) is 4.90 Å². The summed E-state index contributed by atoms with van der Waals surface area (Å²) in [5.41, 5.74) is 3.19. The minimum atomic E-state index is -0.667. The van der Waals surface area contributed by atoms with Gasteiger partial charge in [-0.15, -0.1) is 0 Å². The number of carbonyl (C=O) groups is 1. The Kier molecular flexibility index (Phi) is 7.13. The summed E-state index contributed by atoms with van der Waals surface area (Å²) >= 11 is 0. The normalized spacial score (nSPS) is 25.8. The number of likely N-dealkylation sites (tertiary alicyclic amines) is 2. The number of fused-ring (bicyclic) bond motifs is 2. The van der Waals surface area contributed by atoms with E-state index in [1.165, 1.54) is 35.5 Å². The van der Waals surface area contributed by atoms with Gasteiger partial charge in [0.15, 0.2) is 0 Å². The fraction of sp³-hybridized carbons (Fsp3) is 0.483. The molecule has 3 aliphatic rings. The van der Waals surface area contributed by atoms with Gasteiger partial charge in [0, 0.05) is 56.0 Å². The van der Waals surface area contributed by atoms with Crippen LogP contribution in [0, 0.1) is 23.5 Å². The Morgan fingerprint density at radius 1 is 1.17 bits per heavy atom. The van der Waals surface area contributed by atoms with Gasteiger partial charge in [0.1, 0.15) is 11.6 Å². The highest BCUT2D eigenvalue weighted by Gasteiger charge is 2.46. The lowest BCUT2D eigenvalue weighted by Crippen LogP contribution is -2.52.